The highest BCUT2D eigenvalue weighted by Gasteiger charge is 2.39. The van der Waals surface area contributed by atoms with Crippen molar-refractivity contribution < 1.29 is 19.2 Å². The number of nitrogens with zero attached hydrogens (tertiary/aromatic N) is 2. The fraction of sp³-hybridized carbons (Fsp3) is 0.0476. The molecule has 8 rings (SSSR count). The summed E-state index contributed by atoms with van der Waals surface area (Å²) in [5, 5.41) is 0. The third kappa shape index (κ3) is 4.85. The maximum Gasteiger partial charge on any atom is 0.266 e. The maximum absolute atomic E-state index is 13.7. The van der Waals surface area contributed by atoms with Crippen LogP contribution in [0.5, 0.6) is 0 Å². The molecule has 4 amide bonds. The smallest absolute Gasteiger partial charge is 0.266 e. The molecule has 0 spiro atoms. The number of amides is 4. The number of imide groups is 2. The van der Waals surface area contributed by atoms with E-state index < -0.39 is 0 Å². The van der Waals surface area contributed by atoms with Gasteiger partial charge in [0, 0.05) is 11.4 Å². The van der Waals surface area contributed by atoms with Gasteiger partial charge in [-0.15, -0.1) is 0 Å². The molecule has 50 heavy (non-hydrogen) atoms. The minimum atomic E-state index is -0.382. The zero-order chi connectivity index (χ0) is 34.8. The highest BCUT2D eigenvalue weighted by Crippen LogP contribution is 2.38. The first-order valence-electron chi connectivity index (χ1n) is 16.1. The van der Waals surface area contributed by atoms with Crippen LogP contribution in [0, 0.1) is 13.8 Å². The second-order valence-corrected chi connectivity index (χ2v) is 12.7. The predicted molar refractivity (Wildman–Crippen MR) is 196 cm³/mol. The molecule has 0 unspecified atom stereocenters. The molecule has 6 aromatic rings. The summed E-state index contributed by atoms with van der Waals surface area (Å²) in [6, 6.07) is 36.3. The molecule has 0 fully saturated rings. The van der Waals surface area contributed by atoms with Crippen LogP contribution in [-0.4, -0.2) is 23.6 Å². The second kappa shape index (κ2) is 11.4. The van der Waals surface area contributed by atoms with E-state index in [4.69, 9.17) is 11.5 Å². The molecule has 8 nitrogen and oxygen atoms in total. The Kier molecular flexibility index (Phi) is 6.97. The average molecular weight is 655 g/mol. The monoisotopic (exact) mass is 654 g/mol. The van der Waals surface area contributed by atoms with Crippen molar-refractivity contribution in [1.82, 2.24) is 0 Å². The summed E-state index contributed by atoms with van der Waals surface area (Å²) in [7, 11) is 0. The first kappa shape index (κ1) is 30.5. The second-order valence-electron chi connectivity index (χ2n) is 12.7. The van der Waals surface area contributed by atoms with Crippen molar-refractivity contribution in [2.24, 2.45) is 0 Å². The van der Waals surface area contributed by atoms with E-state index in [0.29, 0.717) is 45.0 Å². The number of nitrogens with two attached hydrogens (primary N) is 2. The van der Waals surface area contributed by atoms with Crippen LogP contribution in [0.3, 0.4) is 0 Å². The van der Waals surface area contributed by atoms with E-state index in [2.05, 4.69) is 0 Å². The lowest BCUT2D eigenvalue weighted by Gasteiger charge is -2.20. The van der Waals surface area contributed by atoms with Crippen molar-refractivity contribution >= 4 is 46.4 Å². The van der Waals surface area contributed by atoms with Gasteiger partial charge in [0.15, 0.2) is 0 Å². The Balaban J connectivity index is 1.05. The van der Waals surface area contributed by atoms with Crippen LogP contribution in [0.25, 0.3) is 33.4 Å². The van der Waals surface area contributed by atoms with E-state index in [1.165, 1.54) is 9.80 Å². The van der Waals surface area contributed by atoms with Gasteiger partial charge in [-0.2, -0.15) is 0 Å². The summed E-state index contributed by atoms with van der Waals surface area (Å²) in [5.41, 5.74) is 22.2. The minimum Gasteiger partial charge on any atom is -0.399 e. The van der Waals surface area contributed by atoms with Crippen LogP contribution in [0.1, 0.15) is 52.6 Å². The molecule has 6 aromatic carbocycles. The summed E-state index contributed by atoms with van der Waals surface area (Å²) < 4.78 is 0. The highest BCUT2D eigenvalue weighted by atomic mass is 16.2. The zero-order valence-electron chi connectivity index (χ0n) is 27.2. The predicted octanol–water partition coefficient (Wildman–Crippen LogP) is 8.07. The number of hydrogen-bond donors (Lipinski definition) is 2. The molecular formula is C42H30N4O4. The number of carbonyl (C=O) groups is 4. The Hall–Kier alpha value is -6.80. The number of rotatable bonds is 5. The Morgan fingerprint density at radius 2 is 0.800 bits per heavy atom. The lowest BCUT2D eigenvalue weighted by Crippen LogP contribution is -2.30. The highest BCUT2D eigenvalue weighted by molar-refractivity contribution is 6.35. The molecule has 2 aliphatic rings. The summed E-state index contributed by atoms with van der Waals surface area (Å²) in [6.45, 7) is 3.79. The molecule has 242 valence electrons. The van der Waals surface area contributed by atoms with Gasteiger partial charge in [-0.3, -0.25) is 19.2 Å². The van der Waals surface area contributed by atoms with Gasteiger partial charge in [0.05, 0.1) is 33.6 Å². The van der Waals surface area contributed by atoms with Crippen molar-refractivity contribution in [3.8, 4) is 33.4 Å². The maximum atomic E-state index is 13.7. The van der Waals surface area contributed by atoms with E-state index in [1.54, 1.807) is 60.7 Å². The molecule has 4 N–H and O–H groups in total. The Labute approximate surface area is 288 Å². The fourth-order valence-corrected chi connectivity index (χ4v) is 6.79. The van der Waals surface area contributed by atoms with Gasteiger partial charge < -0.3 is 11.5 Å². The molecule has 2 heterocycles. The van der Waals surface area contributed by atoms with Crippen molar-refractivity contribution in [3.05, 3.63) is 155 Å². The van der Waals surface area contributed by atoms with Crippen LogP contribution >= 0.6 is 0 Å². The fourth-order valence-electron chi connectivity index (χ4n) is 6.79. The van der Waals surface area contributed by atoms with E-state index in [-0.39, 0.29) is 23.6 Å². The summed E-state index contributed by atoms with van der Waals surface area (Å²) in [4.78, 5) is 56.6. The summed E-state index contributed by atoms with van der Waals surface area (Å²) in [6.07, 6.45) is 0. The topological polar surface area (TPSA) is 127 Å². The lowest BCUT2D eigenvalue weighted by atomic mass is 9.96. The van der Waals surface area contributed by atoms with Gasteiger partial charge in [-0.1, -0.05) is 48.5 Å². The lowest BCUT2D eigenvalue weighted by molar-refractivity contribution is 0.0910. The molecule has 0 saturated heterocycles. The van der Waals surface area contributed by atoms with E-state index in [1.807, 2.05) is 74.5 Å². The third-order valence-electron chi connectivity index (χ3n) is 9.48. The van der Waals surface area contributed by atoms with Crippen molar-refractivity contribution in [3.63, 3.8) is 0 Å². The SMILES string of the molecule is Cc1cc(N2C(=O)c3ccc(-c4ccc(N)cc4)cc3C2=O)c(C)cc1-c1ccc(N2C(=O)c3ccc(-c4ccc(N)cc4)cc3C2=O)cc1. The van der Waals surface area contributed by atoms with Crippen LogP contribution < -0.4 is 21.3 Å². The van der Waals surface area contributed by atoms with E-state index in [0.717, 1.165) is 44.5 Å². The molecule has 0 radical (unpaired) electrons. The quantitative estimate of drug-likeness (QED) is 0.143. The molecule has 0 aromatic heterocycles. The number of aryl methyl sites for hydroxylation is 2. The molecule has 8 heteroatoms. The van der Waals surface area contributed by atoms with Crippen LogP contribution in [0.4, 0.5) is 22.7 Å². The minimum absolute atomic E-state index is 0.352. The van der Waals surface area contributed by atoms with Crippen molar-refractivity contribution in [1.29, 1.82) is 0 Å². The first-order chi connectivity index (χ1) is 24.1. The number of nitrogen functional groups attached to an aromatic ring is 2. The average Bonchev–Trinajstić information content (AvgIpc) is 3.52. The molecule has 0 saturated carbocycles. The Morgan fingerprint density at radius 1 is 0.380 bits per heavy atom. The standard InChI is InChI=1S/C42H30N4O4/c1-23-20-38(46-40(48)34-18-10-29(22-37(34)42(46)50)26-5-13-31(44)14-6-26)24(2)19-35(23)27-7-15-32(16-8-27)45-39(47)33-17-9-28(21-36(33)41(45)49)25-3-11-30(43)12-4-25/h3-22H,43-44H2,1-2H3. The number of hydrogen-bond acceptors (Lipinski definition) is 6. The molecule has 0 aliphatic carbocycles. The van der Waals surface area contributed by atoms with Gasteiger partial charge >= 0.3 is 0 Å². The molecular weight excluding hydrogens is 624 g/mol. The van der Waals surface area contributed by atoms with Gasteiger partial charge in [0.1, 0.15) is 0 Å². The van der Waals surface area contributed by atoms with E-state index in [9.17, 15) is 19.2 Å². The largest absolute Gasteiger partial charge is 0.399 e. The van der Waals surface area contributed by atoms with Crippen LogP contribution in [0.15, 0.2) is 121 Å². The number of anilines is 4. The van der Waals surface area contributed by atoms with Crippen LogP contribution in [0.2, 0.25) is 0 Å². The summed E-state index contributed by atoms with van der Waals surface area (Å²) >= 11 is 0. The number of carbonyl (C=O) groups excluding carboxylic acids is 4. The van der Waals surface area contributed by atoms with Gasteiger partial charge in [0.25, 0.3) is 23.6 Å². The van der Waals surface area contributed by atoms with Crippen molar-refractivity contribution in [2.75, 3.05) is 21.3 Å². The van der Waals surface area contributed by atoms with Crippen LogP contribution in [-0.2, 0) is 0 Å². The molecule has 0 bridgehead atoms. The summed E-state index contributed by atoms with van der Waals surface area (Å²) in [5.74, 6) is -1.49. The molecule has 0 atom stereocenters. The number of benzene rings is 6. The Bertz CT molecular complexity index is 2430. The van der Waals surface area contributed by atoms with Gasteiger partial charge in [0.2, 0.25) is 0 Å². The first-order valence-corrected chi connectivity index (χ1v) is 16.1. The molecule has 2 aliphatic heterocycles. The zero-order valence-corrected chi connectivity index (χ0v) is 27.2. The normalized spacial score (nSPS) is 13.6. The Morgan fingerprint density at radius 3 is 1.32 bits per heavy atom. The number of fused-ring (bicyclic) bond motifs is 2. The van der Waals surface area contributed by atoms with Gasteiger partial charge in [-0.25, -0.2) is 9.80 Å². The van der Waals surface area contributed by atoms with Gasteiger partial charge in [-0.05, 0) is 131 Å². The third-order valence-corrected chi connectivity index (χ3v) is 9.48. The van der Waals surface area contributed by atoms with E-state index >= 15 is 0 Å². The van der Waals surface area contributed by atoms with Crippen molar-refractivity contribution in [2.45, 2.75) is 13.8 Å².